The molecule has 1 saturated heterocycles. The average molecular weight is 360 g/mol. The highest BCUT2D eigenvalue weighted by Gasteiger charge is 2.08. The molecule has 1 aliphatic rings. The van der Waals surface area contributed by atoms with Crippen molar-refractivity contribution < 1.29 is 4.74 Å². The van der Waals surface area contributed by atoms with Crippen molar-refractivity contribution >= 4 is 22.6 Å². The van der Waals surface area contributed by atoms with Crippen LogP contribution in [0.5, 0.6) is 0 Å². The van der Waals surface area contributed by atoms with Gasteiger partial charge in [0.25, 0.3) is 0 Å². The summed E-state index contributed by atoms with van der Waals surface area (Å²) >= 11 is 2.34. The average Bonchev–Trinajstić information content (AvgIpc) is 2.42. The highest BCUT2D eigenvalue weighted by Crippen LogP contribution is 2.06. The molecule has 1 aliphatic heterocycles. The van der Waals surface area contributed by atoms with Gasteiger partial charge in [0.05, 0.1) is 13.2 Å². The van der Waals surface area contributed by atoms with Gasteiger partial charge in [-0.25, -0.2) is 0 Å². The summed E-state index contributed by atoms with van der Waals surface area (Å²) in [7, 11) is 0. The Morgan fingerprint density at radius 1 is 1.17 bits per heavy atom. The van der Waals surface area contributed by atoms with Gasteiger partial charge in [0.1, 0.15) is 0 Å². The van der Waals surface area contributed by atoms with Crippen molar-refractivity contribution in [1.29, 1.82) is 0 Å². The third-order valence-corrected chi connectivity index (χ3v) is 3.89. The van der Waals surface area contributed by atoms with Crippen LogP contribution in [0.25, 0.3) is 0 Å². The van der Waals surface area contributed by atoms with E-state index in [2.05, 4.69) is 57.1 Å². The molecule has 0 amide bonds. The maximum absolute atomic E-state index is 5.34. The SMILES string of the molecule is Ic1ccc(CNCCCN2CCOCC2)cc1. The van der Waals surface area contributed by atoms with Gasteiger partial charge in [-0.15, -0.1) is 0 Å². The van der Waals surface area contributed by atoms with Gasteiger partial charge < -0.3 is 10.1 Å². The summed E-state index contributed by atoms with van der Waals surface area (Å²) in [6, 6.07) is 8.70. The smallest absolute Gasteiger partial charge is 0.0594 e. The first-order valence-electron chi connectivity index (χ1n) is 6.60. The molecule has 4 heteroatoms. The Morgan fingerprint density at radius 3 is 2.61 bits per heavy atom. The molecule has 0 unspecified atom stereocenters. The molecule has 1 fully saturated rings. The molecule has 18 heavy (non-hydrogen) atoms. The van der Waals surface area contributed by atoms with Gasteiger partial charge in [-0.2, -0.15) is 0 Å². The first kappa shape index (κ1) is 14.2. The second kappa shape index (κ2) is 8.09. The van der Waals surface area contributed by atoms with Crippen molar-refractivity contribution in [3.63, 3.8) is 0 Å². The lowest BCUT2D eigenvalue weighted by Crippen LogP contribution is -2.37. The van der Waals surface area contributed by atoms with Gasteiger partial charge in [-0.1, -0.05) is 12.1 Å². The molecule has 1 aromatic rings. The molecule has 1 heterocycles. The van der Waals surface area contributed by atoms with E-state index in [0.29, 0.717) is 0 Å². The highest BCUT2D eigenvalue weighted by molar-refractivity contribution is 14.1. The van der Waals surface area contributed by atoms with Crippen LogP contribution in [0.2, 0.25) is 0 Å². The lowest BCUT2D eigenvalue weighted by atomic mass is 10.2. The van der Waals surface area contributed by atoms with E-state index in [0.717, 1.165) is 39.4 Å². The first-order valence-corrected chi connectivity index (χ1v) is 7.68. The molecule has 0 aliphatic carbocycles. The summed E-state index contributed by atoms with van der Waals surface area (Å²) in [6.45, 7) is 7.23. The Labute approximate surface area is 123 Å². The molecule has 0 spiro atoms. The Bertz CT molecular complexity index is 336. The zero-order chi connectivity index (χ0) is 12.6. The molecular weight excluding hydrogens is 339 g/mol. The maximum atomic E-state index is 5.34. The standard InChI is InChI=1S/C14H21IN2O/c15-14-4-2-13(3-5-14)12-16-6-1-7-17-8-10-18-11-9-17/h2-5,16H,1,6-12H2. The van der Waals surface area contributed by atoms with Gasteiger partial charge in [-0.05, 0) is 59.8 Å². The lowest BCUT2D eigenvalue weighted by molar-refractivity contribution is 0.0374. The maximum Gasteiger partial charge on any atom is 0.0594 e. The van der Waals surface area contributed by atoms with Crippen LogP contribution in [-0.4, -0.2) is 44.3 Å². The number of benzene rings is 1. The van der Waals surface area contributed by atoms with Crippen molar-refractivity contribution in [2.24, 2.45) is 0 Å². The lowest BCUT2D eigenvalue weighted by Gasteiger charge is -2.26. The molecule has 0 radical (unpaired) electrons. The molecule has 3 nitrogen and oxygen atoms in total. The predicted octanol–water partition coefficient (Wildman–Crippen LogP) is 2.10. The van der Waals surface area contributed by atoms with Gasteiger partial charge in [-0.3, -0.25) is 4.90 Å². The highest BCUT2D eigenvalue weighted by atomic mass is 127. The van der Waals surface area contributed by atoms with Crippen LogP contribution >= 0.6 is 22.6 Å². The molecule has 0 saturated carbocycles. The van der Waals surface area contributed by atoms with Crippen molar-refractivity contribution in [3.8, 4) is 0 Å². The van der Waals surface area contributed by atoms with Crippen molar-refractivity contribution in [3.05, 3.63) is 33.4 Å². The van der Waals surface area contributed by atoms with Crippen LogP contribution in [0.15, 0.2) is 24.3 Å². The molecule has 0 aromatic heterocycles. The molecule has 1 N–H and O–H groups in total. The monoisotopic (exact) mass is 360 g/mol. The second-order valence-corrected chi connectivity index (χ2v) is 5.86. The van der Waals surface area contributed by atoms with E-state index in [9.17, 15) is 0 Å². The minimum atomic E-state index is 0.899. The number of rotatable bonds is 6. The Hall–Kier alpha value is -0.170. The predicted molar refractivity (Wildman–Crippen MR) is 82.7 cm³/mol. The van der Waals surface area contributed by atoms with E-state index >= 15 is 0 Å². The molecule has 100 valence electrons. The van der Waals surface area contributed by atoms with Crippen LogP contribution in [0, 0.1) is 3.57 Å². The molecule has 1 aromatic carbocycles. The fraction of sp³-hybridized carbons (Fsp3) is 0.571. The largest absolute Gasteiger partial charge is 0.379 e. The number of nitrogens with one attached hydrogen (secondary N) is 1. The quantitative estimate of drug-likeness (QED) is 0.621. The van der Waals surface area contributed by atoms with Crippen molar-refractivity contribution in [2.75, 3.05) is 39.4 Å². The summed E-state index contributed by atoms with van der Waals surface area (Å²) in [5.41, 5.74) is 1.36. The van der Waals surface area contributed by atoms with Crippen LogP contribution in [0.1, 0.15) is 12.0 Å². The fourth-order valence-corrected chi connectivity index (χ4v) is 2.45. The Kier molecular flexibility index (Phi) is 6.40. The second-order valence-electron chi connectivity index (χ2n) is 4.61. The molecule has 0 bridgehead atoms. The van der Waals surface area contributed by atoms with Crippen LogP contribution in [0.4, 0.5) is 0 Å². The normalized spacial score (nSPS) is 16.9. The topological polar surface area (TPSA) is 24.5 Å². The summed E-state index contributed by atoms with van der Waals surface area (Å²) in [4.78, 5) is 2.48. The minimum Gasteiger partial charge on any atom is -0.379 e. The van der Waals surface area contributed by atoms with Gasteiger partial charge in [0, 0.05) is 23.2 Å². The van der Waals surface area contributed by atoms with E-state index in [-0.39, 0.29) is 0 Å². The summed E-state index contributed by atoms with van der Waals surface area (Å²) in [5, 5.41) is 3.50. The molecule has 0 atom stereocenters. The number of nitrogens with zero attached hydrogens (tertiary/aromatic N) is 1. The Morgan fingerprint density at radius 2 is 1.89 bits per heavy atom. The zero-order valence-electron chi connectivity index (χ0n) is 10.7. The summed E-state index contributed by atoms with van der Waals surface area (Å²) in [6.07, 6.45) is 1.21. The first-order chi connectivity index (χ1) is 8.84. The summed E-state index contributed by atoms with van der Waals surface area (Å²) in [5.74, 6) is 0. The molecular formula is C14H21IN2O. The fourth-order valence-electron chi connectivity index (χ4n) is 2.09. The zero-order valence-corrected chi connectivity index (χ0v) is 12.9. The number of halogens is 1. The Balaban J connectivity index is 1.54. The number of hydrogen-bond acceptors (Lipinski definition) is 3. The van der Waals surface area contributed by atoms with E-state index in [1.165, 1.54) is 22.1 Å². The van der Waals surface area contributed by atoms with Gasteiger partial charge in [0.2, 0.25) is 0 Å². The van der Waals surface area contributed by atoms with Crippen molar-refractivity contribution in [2.45, 2.75) is 13.0 Å². The number of morpholine rings is 1. The number of hydrogen-bond donors (Lipinski definition) is 1. The van der Waals surface area contributed by atoms with E-state index in [4.69, 9.17) is 4.74 Å². The van der Waals surface area contributed by atoms with Gasteiger partial charge in [0.15, 0.2) is 0 Å². The third-order valence-electron chi connectivity index (χ3n) is 3.17. The number of ether oxygens (including phenoxy) is 1. The minimum absolute atomic E-state index is 0.899. The van der Waals surface area contributed by atoms with Crippen molar-refractivity contribution in [1.82, 2.24) is 10.2 Å². The molecule has 2 rings (SSSR count). The van der Waals surface area contributed by atoms with Crippen LogP contribution in [0.3, 0.4) is 0 Å². The van der Waals surface area contributed by atoms with Crippen LogP contribution in [-0.2, 0) is 11.3 Å². The van der Waals surface area contributed by atoms with E-state index < -0.39 is 0 Å². The van der Waals surface area contributed by atoms with Gasteiger partial charge >= 0.3 is 0 Å². The third kappa shape index (κ3) is 5.22. The summed E-state index contributed by atoms with van der Waals surface area (Å²) < 4.78 is 6.63. The van der Waals surface area contributed by atoms with Crippen LogP contribution < -0.4 is 5.32 Å². The van der Waals surface area contributed by atoms with E-state index in [1.807, 2.05) is 0 Å². The van der Waals surface area contributed by atoms with E-state index in [1.54, 1.807) is 0 Å².